The Bertz CT molecular complexity index is 1240. The van der Waals surface area contributed by atoms with Crippen molar-refractivity contribution in [3.8, 4) is 11.1 Å². The van der Waals surface area contributed by atoms with Gasteiger partial charge in [-0.3, -0.25) is 19.4 Å². The molecule has 2 saturated heterocycles. The van der Waals surface area contributed by atoms with Crippen molar-refractivity contribution in [1.82, 2.24) is 19.6 Å². The summed E-state index contributed by atoms with van der Waals surface area (Å²) in [5.41, 5.74) is 15.4. The third kappa shape index (κ3) is 9.23. The molecule has 2 aliphatic rings. The fourth-order valence-corrected chi connectivity index (χ4v) is 6.72. The zero-order chi connectivity index (χ0) is 34.5. The molecule has 0 spiro atoms. The van der Waals surface area contributed by atoms with Gasteiger partial charge in [0.25, 0.3) is 11.8 Å². The number of nitrogens with two attached hydrogens (primary N) is 2. The second-order valence-electron chi connectivity index (χ2n) is 13.2. The number of urea groups is 2. The number of hydrogen-bond donors (Lipinski definition) is 2. The number of nitrogens with zero attached hydrogens (tertiary/aromatic N) is 4. The van der Waals surface area contributed by atoms with Gasteiger partial charge in [-0.05, 0) is 86.7 Å². The number of unbranched alkanes of at least 4 members (excludes halogenated alkanes) is 6. The van der Waals surface area contributed by atoms with Crippen molar-refractivity contribution < 1.29 is 19.2 Å². The Hall–Kier alpha value is -3.76. The van der Waals surface area contributed by atoms with Gasteiger partial charge < -0.3 is 21.3 Å². The van der Waals surface area contributed by atoms with Gasteiger partial charge >= 0.3 is 12.1 Å². The number of carbonyl (C=O) groups is 4. The van der Waals surface area contributed by atoms with Crippen LogP contribution in [0.15, 0.2) is 48.5 Å². The molecular formula is C38H56N6O4. The van der Waals surface area contributed by atoms with E-state index in [0.717, 1.165) is 86.5 Å². The van der Waals surface area contributed by atoms with Gasteiger partial charge in [-0.25, -0.2) is 9.59 Å². The van der Waals surface area contributed by atoms with Gasteiger partial charge in [0.15, 0.2) is 0 Å². The Morgan fingerprint density at radius 2 is 0.896 bits per heavy atom. The lowest BCUT2D eigenvalue weighted by Gasteiger charge is -2.22. The lowest BCUT2D eigenvalue weighted by Crippen LogP contribution is -2.35. The van der Waals surface area contributed by atoms with Gasteiger partial charge in [-0.1, -0.05) is 88.1 Å². The van der Waals surface area contributed by atoms with Crippen LogP contribution in [0.5, 0.6) is 0 Å². The first-order valence-electron chi connectivity index (χ1n) is 18.2. The van der Waals surface area contributed by atoms with Crippen LogP contribution in [0, 0.1) is 0 Å². The molecule has 0 aromatic heterocycles. The van der Waals surface area contributed by atoms with Gasteiger partial charge in [0.05, 0.1) is 0 Å². The van der Waals surface area contributed by atoms with E-state index in [1.807, 2.05) is 48.5 Å². The summed E-state index contributed by atoms with van der Waals surface area (Å²) in [7, 11) is 0. The van der Waals surface area contributed by atoms with E-state index >= 15 is 0 Å². The predicted molar refractivity (Wildman–Crippen MR) is 190 cm³/mol. The first kappa shape index (κ1) is 37.1. The topological polar surface area (TPSA) is 133 Å². The summed E-state index contributed by atoms with van der Waals surface area (Å²) in [4.78, 5) is 59.6. The third-order valence-electron chi connectivity index (χ3n) is 9.59. The SMILES string of the molecule is CCCCCN1C(=O)[C@H](CCCCN)N(Cc2ccc(-c3ccc(CN4C(=O)N(CCCCC)C(=O)[C@@H]4CCCCN)cc3)cc2)C1=O. The van der Waals surface area contributed by atoms with E-state index in [0.29, 0.717) is 52.1 Å². The molecule has 262 valence electrons. The molecule has 6 amide bonds. The molecule has 0 saturated carbocycles. The van der Waals surface area contributed by atoms with E-state index in [1.54, 1.807) is 9.80 Å². The van der Waals surface area contributed by atoms with Crippen molar-refractivity contribution in [3.05, 3.63) is 59.7 Å². The van der Waals surface area contributed by atoms with E-state index in [9.17, 15) is 19.2 Å². The van der Waals surface area contributed by atoms with E-state index in [4.69, 9.17) is 11.5 Å². The zero-order valence-corrected chi connectivity index (χ0v) is 29.1. The van der Waals surface area contributed by atoms with Gasteiger partial charge in [0, 0.05) is 26.2 Å². The highest BCUT2D eigenvalue weighted by Gasteiger charge is 2.45. The Balaban J connectivity index is 1.42. The fourth-order valence-electron chi connectivity index (χ4n) is 6.72. The monoisotopic (exact) mass is 660 g/mol. The molecule has 10 heteroatoms. The van der Waals surface area contributed by atoms with Gasteiger partial charge in [0.2, 0.25) is 0 Å². The van der Waals surface area contributed by atoms with Crippen LogP contribution < -0.4 is 11.5 Å². The van der Waals surface area contributed by atoms with Crippen LogP contribution in [0.2, 0.25) is 0 Å². The maximum atomic E-state index is 13.4. The van der Waals surface area contributed by atoms with Crippen LogP contribution in [-0.4, -0.2) is 81.7 Å². The molecule has 2 heterocycles. The predicted octanol–water partition coefficient (Wildman–Crippen LogP) is 6.26. The molecular weight excluding hydrogens is 604 g/mol. The highest BCUT2D eigenvalue weighted by Crippen LogP contribution is 2.28. The molecule has 10 nitrogen and oxygen atoms in total. The van der Waals surface area contributed by atoms with Crippen LogP contribution in [-0.2, 0) is 22.7 Å². The van der Waals surface area contributed by atoms with Crippen LogP contribution in [0.1, 0.15) is 102 Å². The van der Waals surface area contributed by atoms with Gasteiger partial charge in [-0.2, -0.15) is 0 Å². The van der Waals surface area contributed by atoms with E-state index < -0.39 is 12.1 Å². The highest BCUT2D eigenvalue weighted by molar-refractivity contribution is 6.04. The Kier molecular flexibility index (Phi) is 14.4. The largest absolute Gasteiger partial charge is 0.330 e. The standard InChI is InChI=1S/C38H56N6O4/c1-3-5-11-25-41-35(45)33(13-7-9-23-39)43(37(41)47)27-29-15-19-31(20-16-29)32-21-17-30(18-22-32)28-44-34(14-8-10-24-40)36(46)42(38(44)48)26-12-6-4-2/h15-22,33-34H,3-14,23-28,39-40H2,1-2H3/t33-,34-/m0/s1. The highest BCUT2D eigenvalue weighted by atomic mass is 16.2. The van der Waals surface area contributed by atoms with Crippen LogP contribution in [0.25, 0.3) is 11.1 Å². The first-order valence-corrected chi connectivity index (χ1v) is 18.2. The molecule has 2 fully saturated rings. The number of carbonyl (C=O) groups excluding carboxylic acids is 4. The van der Waals surface area contributed by atoms with Crippen molar-refractivity contribution in [1.29, 1.82) is 0 Å². The number of benzene rings is 2. The summed E-state index contributed by atoms with van der Waals surface area (Å²) in [5.74, 6) is -0.174. The van der Waals surface area contributed by atoms with Crippen molar-refractivity contribution in [3.63, 3.8) is 0 Å². The Labute approximate surface area is 286 Å². The minimum Gasteiger partial charge on any atom is -0.330 e. The maximum Gasteiger partial charge on any atom is 0.327 e. The lowest BCUT2D eigenvalue weighted by atomic mass is 10.0. The minimum atomic E-state index is -0.445. The molecule has 4 rings (SSSR count). The van der Waals surface area contributed by atoms with E-state index in [1.165, 1.54) is 9.80 Å². The van der Waals surface area contributed by atoms with Crippen molar-refractivity contribution >= 4 is 23.9 Å². The molecule has 2 atom stereocenters. The van der Waals surface area contributed by atoms with Gasteiger partial charge in [-0.15, -0.1) is 0 Å². The average molecular weight is 661 g/mol. The summed E-state index contributed by atoms with van der Waals surface area (Å²) in [6, 6.07) is 15.0. The van der Waals surface area contributed by atoms with Crippen LogP contribution in [0.3, 0.4) is 0 Å². The summed E-state index contributed by atoms with van der Waals surface area (Å²) in [5, 5.41) is 0. The normalized spacial score (nSPS) is 18.2. The third-order valence-corrected chi connectivity index (χ3v) is 9.59. The molecule has 2 aromatic rings. The minimum absolute atomic E-state index is 0.0871. The maximum absolute atomic E-state index is 13.4. The fraction of sp³-hybridized carbons (Fsp3) is 0.579. The lowest BCUT2D eigenvalue weighted by molar-refractivity contribution is -0.129. The van der Waals surface area contributed by atoms with Gasteiger partial charge in [0.1, 0.15) is 12.1 Å². The number of hydrogen-bond acceptors (Lipinski definition) is 6. The summed E-state index contributed by atoms with van der Waals surface area (Å²) in [6.07, 6.45) is 10.2. The summed E-state index contributed by atoms with van der Waals surface area (Å²) in [6.45, 7) is 7.06. The van der Waals surface area contributed by atoms with Crippen molar-refractivity contribution in [2.45, 2.75) is 116 Å². The van der Waals surface area contributed by atoms with E-state index in [-0.39, 0.29) is 23.9 Å². The molecule has 0 radical (unpaired) electrons. The quantitative estimate of drug-likeness (QED) is 0.120. The van der Waals surface area contributed by atoms with Crippen molar-refractivity contribution in [2.24, 2.45) is 11.5 Å². The van der Waals surface area contributed by atoms with Crippen LogP contribution >= 0.6 is 0 Å². The molecule has 0 bridgehead atoms. The van der Waals surface area contributed by atoms with Crippen molar-refractivity contribution in [2.75, 3.05) is 26.2 Å². The average Bonchev–Trinajstić information content (AvgIpc) is 3.45. The molecule has 2 aliphatic heterocycles. The summed E-state index contributed by atoms with van der Waals surface area (Å²) < 4.78 is 0. The smallest absolute Gasteiger partial charge is 0.327 e. The molecule has 48 heavy (non-hydrogen) atoms. The Morgan fingerprint density at radius 3 is 1.23 bits per heavy atom. The number of amides is 6. The zero-order valence-electron chi connectivity index (χ0n) is 29.1. The second-order valence-corrected chi connectivity index (χ2v) is 13.2. The number of imide groups is 2. The molecule has 0 aliphatic carbocycles. The first-order chi connectivity index (χ1) is 23.3. The Morgan fingerprint density at radius 1 is 0.521 bits per heavy atom. The van der Waals surface area contributed by atoms with Crippen LogP contribution in [0.4, 0.5) is 9.59 Å². The molecule has 0 unspecified atom stereocenters. The molecule has 2 aromatic carbocycles. The molecule has 4 N–H and O–H groups in total. The number of rotatable bonds is 21. The second kappa shape index (κ2) is 18.7. The van der Waals surface area contributed by atoms with E-state index in [2.05, 4.69) is 13.8 Å². The summed E-state index contributed by atoms with van der Waals surface area (Å²) >= 11 is 0.